The van der Waals surface area contributed by atoms with Crippen LogP contribution in [0.25, 0.3) is 16.7 Å². The molecule has 2 N–H and O–H groups in total. The van der Waals surface area contributed by atoms with Gasteiger partial charge < -0.3 is 14.8 Å². The number of anilines is 1. The number of aromatic nitrogens is 1. The van der Waals surface area contributed by atoms with E-state index in [0.29, 0.717) is 11.3 Å². The number of rotatable bonds is 4. The number of carbonyl (C=O) groups excluding carboxylic acids is 2. The number of methoxy groups -OCH3 is 1. The summed E-state index contributed by atoms with van der Waals surface area (Å²) in [7, 11) is 1.40. The minimum absolute atomic E-state index is 0.121. The number of para-hydroxylation sites is 1. The van der Waals surface area contributed by atoms with Crippen molar-refractivity contribution in [2.75, 3.05) is 12.0 Å². The van der Waals surface area contributed by atoms with Crippen molar-refractivity contribution < 1.29 is 23.8 Å². The minimum Gasteiger partial charge on any atom is -0.507 e. The van der Waals surface area contributed by atoms with E-state index in [1.807, 2.05) is 24.3 Å². The van der Waals surface area contributed by atoms with Crippen molar-refractivity contribution in [3.63, 3.8) is 0 Å². The quantitative estimate of drug-likeness (QED) is 0.212. The molecule has 1 aliphatic rings. The molecule has 176 valence electrons. The number of fused-ring (bicyclic) bond motifs is 1. The van der Waals surface area contributed by atoms with E-state index in [1.165, 1.54) is 36.3 Å². The number of amides is 1. The van der Waals surface area contributed by atoms with Gasteiger partial charge in [-0.15, -0.1) is 0 Å². The van der Waals surface area contributed by atoms with Gasteiger partial charge in [-0.1, -0.05) is 29.8 Å². The van der Waals surface area contributed by atoms with Crippen LogP contribution in [0.3, 0.4) is 0 Å². The average molecular weight is 491 g/mol. The summed E-state index contributed by atoms with van der Waals surface area (Å²) in [5.41, 5.74) is 2.51. The fourth-order valence-corrected chi connectivity index (χ4v) is 4.92. The molecule has 1 aromatic heterocycles. The summed E-state index contributed by atoms with van der Waals surface area (Å²) in [6.45, 7) is 1.79. The predicted octanol–water partition coefficient (Wildman–Crippen LogP) is 5.90. The molecule has 0 bridgehead atoms. The second-order valence-corrected chi connectivity index (χ2v) is 8.67. The maximum Gasteiger partial charge on any atom is 0.300 e. The van der Waals surface area contributed by atoms with E-state index >= 15 is 0 Å². The van der Waals surface area contributed by atoms with Crippen molar-refractivity contribution in [1.29, 1.82) is 0 Å². The standard InChI is InChI=1S/C27H20ClFN2O4/c1-14-11-18(26(35-2)20(28)12-14)24(32)22-23(19-13-30-21-6-4-3-5-17(19)21)31(27(34)25(22)33)16-9-7-15(29)8-10-16/h3-13,23,30,32H,1-2H3/b24-22+. The summed E-state index contributed by atoms with van der Waals surface area (Å²) < 4.78 is 19.1. The van der Waals surface area contributed by atoms with Crippen molar-refractivity contribution in [3.05, 3.63) is 100.0 Å². The second kappa shape index (κ2) is 8.60. The summed E-state index contributed by atoms with van der Waals surface area (Å²) in [6, 6.07) is 15.0. The Morgan fingerprint density at radius 2 is 1.83 bits per heavy atom. The molecule has 35 heavy (non-hydrogen) atoms. The predicted molar refractivity (Wildman–Crippen MR) is 132 cm³/mol. The molecule has 1 saturated heterocycles. The molecule has 1 amide bonds. The van der Waals surface area contributed by atoms with Gasteiger partial charge in [0.2, 0.25) is 0 Å². The van der Waals surface area contributed by atoms with E-state index < -0.39 is 29.3 Å². The number of carbonyl (C=O) groups is 2. The van der Waals surface area contributed by atoms with E-state index in [1.54, 1.807) is 25.3 Å². The third kappa shape index (κ3) is 3.65. The number of benzene rings is 3. The first kappa shape index (κ1) is 22.7. The van der Waals surface area contributed by atoms with Gasteiger partial charge >= 0.3 is 0 Å². The van der Waals surface area contributed by atoms with Gasteiger partial charge in [-0.3, -0.25) is 14.5 Å². The van der Waals surface area contributed by atoms with Crippen LogP contribution in [-0.4, -0.2) is 28.9 Å². The summed E-state index contributed by atoms with van der Waals surface area (Å²) in [5, 5.41) is 12.5. The van der Waals surface area contributed by atoms with Crippen molar-refractivity contribution >= 4 is 45.6 Å². The molecule has 6 nitrogen and oxygen atoms in total. The number of nitrogens with one attached hydrogen (secondary N) is 1. The van der Waals surface area contributed by atoms with Gasteiger partial charge in [0.15, 0.2) is 0 Å². The molecule has 1 unspecified atom stereocenters. The molecular weight excluding hydrogens is 471 g/mol. The fourth-order valence-electron chi connectivity index (χ4n) is 4.57. The van der Waals surface area contributed by atoms with Gasteiger partial charge in [-0.2, -0.15) is 0 Å². The van der Waals surface area contributed by atoms with Crippen LogP contribution < -0.4 is 9.64 Å². The number of aromatic amines is 1. The molecule has 4 aromatic rings. The molecule has 1 atom stereocenters. The number of Topliss-reactive ketones (excluding diaryl/α,β-unsaturated/α-hetero) is 1. The van der Waals surface area contributed by atoms with Crippen LogP contribution in [0.2, 0.25) is 5.02 Å². The Morgan fingerprint density at radius 3 is 2.54 bits per heavy atom. The van der Waals surface area contributed by atoms with Crippen LogP contribution in [0.4, 0.5) is 10.1 Å². The average Bonchev–Trinajstić information content (AvgIpc) is 3.37. The van der Waals surface area contributed by atoms with Crippen LogP contribution in [0.15, 0.2) is 72.4 Å². The van der Waals surface area contributed by atoms with Gasteiger partial charge in [0.1, 0.15) is 17.3 Å². The van der Waals surface area contributed by atoms with Crippen molar-refractivity contribution in [2.24, 2.45) is 0 Å². The van der Waals surface area contributed by atoms with Gasteiger partial charge in [0.05, 0.1) is 29.3 Å². The highest BCUT2D eigenvalue weighted by Crippen LogP contribution is 2.46. The highest BCUT2D eigenvalue weighted by molar-refractivity contribution is 6.52. The number of aliphatic hydroxyl groups excluding tert-OH is 1. The summed E-state index contributed by atoms with van der Waals surface area (Å²) in [6.07, 6.45) is 1.70. The van der Waals surface area contributed by atoms with Crippen molar-refractivity contribution in [1.82, 2.24) is 4.98 Å². The smallest absolute Gasteiger partial charge is 0.300 e. The Kier molecular flexibility index (Phi) is 5.57. The second-order valence-electron chi connectivity index (χ2n) is 8.26. The first-order chi connectivity index (χ1) is 16.8. The summed E-state index contributed by atoms with van der Waals surface area (Å²) in [5.74, 6) is -2.42. The molecule has 1 fully saturated rings. The lowest BCUT2D eigenvalue weighted by atomic mass is 9.94. The lowest BCUT2D eigenvalue weighted by molar-refractivity contribution is -0.132. The number of halogens is 2. The number of aliphatic hydroxyl groups is 1. The highest BCUT2D eigenvalue weighted by atomic mass is 35.5. The van der Waals surface area contributed by atoms with E-state index in [9.17, 15) is 19.1 Å². The van der Waals surface area contributed by atoms with Gasteiger partial charge in [0, 0.05) is 28.4 Å². The molecule has 0 saturated carbocycles. The Balaban J connectivity index is 1.82. The molecule has 2 heterocycles. The van der Waals surface area contributed by atoms with Gasteiger partial charge in [-0.05, 0) is 55.0 Å². The number of hydrogen-bond donors (Lipinski definition) is 2. The number of nitrogens with zero attached hydrogens (tertiary/aromatic N) is 1. The number of hydrogen-bond acceptors (Lipinski definition) is 4. The zero-order valence-electron chi connectivity index (χ0n) is 18.8. The van der Waals surface area contributed by atoms with E-state index in [2.05, 4.69) is 4.98 Å². The molecule has 1 aliphatic heterocycles. The molecule has 0 radical (unpaired) electrons. The van der Waals surface area contributed by atoms with Crippen LogP contribution in [-0.2, 0) is 9.59 Å². The first-order valence-corrected chi connectivity index (χ1v) is 11.2. The maximum absolute atomic E-state index is 13.7. The number of H-pyrrole nitrogens is 1. The van der Waals surface area contributed by atoms with E-state index in [-0.39, 0.29) is 21.9 Å². The van der Waals surface area contributed by atoms with Crippen LogP contribution in [0, 0.1) is 12.7 Å². The highest BCUT2D eigenvalue weighted by Gasteiger charge is 2.48. The molecule has 5 rings (SSSR count). The van der Waals surface area contributed by atoms with Crippen LogP contribution in [0.1, 0.15) is 22.7 Å². The Hall–Kier alpha value is -4.10. The molecule has 8 heteroatoms. The number of ketones is 1. The van der Waals surface area contributed by atoms with Crippen LogP contribution >= 0.6 is 11.6 Å². The maximum atomic E-state index is 13.7. The van der Waals surface area contributed by atoms with Gasteiger partial charge in [-0.25, -0.2) is 4.39 Å². The third-order valence-electron chi connectivity index (χ3n) is 6.11. The van der Waals surface area contributed by atoms with Gasteiger partial charge in [0.25, 0.3) is 11.7 Å². The molecule has 0 spiro atoms. The topological polar surface area (TPSA) is 82.6 Å². The largest absolute Gasteiger partial charge is 0.507 e. The number of aryl methyl sites for hydroxylation is 1. The van der Waals surface area contributed by atoms with E-state index in [0.717, 1.165) is 16.5 Å². The zero-order valence-corrected chi connectivity index (χ0v) is 19.6. The Bertz CT molecular complexity index is 1520. The normalized spacial score (nSPS) is 17.4. The van der Waals surface area contributed by atoms with Crippen molar-refractivity contribution in [2.45, 2.75) is 13.0 Å². The summed E-state index contributed by atoms with van der Waals surface area (Å²) in [4.78, 5) is 31.2. The monoisotopic (exact) mass is 490 g/mol. The SMILES string of the molecule is COc1c(Cl)cc(C)cc1/C(O)=C1\C(=O)C(=O)N(c2ccc(F)cc2)C1c1c[nH]c2ccccc12. The minimum atomic E-state index is -0.986. The Labute approximate surface area is 205 Å². The van der Waals surface area contributed by atoms with Crippen molar-refractivity contribution in [3.8, 4) is 5.75 Å². The zero-order chi connectivity index (χ0) is 24.9. The Morgan fingerprint density at radius 1 is 1.11 bits per heavy atom. The molecule has 0 aliphatic carbocycles. The summed E-state index contributed by atoms with van der Waals surface area (Å²) >= 11 is 6.34. The third-order valence-corrected chi connectivity index (χ3v) is 6.39. The fraction of sp³-hybridized carbons (Fsp3) is 0.111. The first-order valence-electron chi connectivity index (χ1n) is 10.8. The lowest BCUT2D eigenvalue weighted by Gasteiger charge is -2.25. The molecular formula is C27H20ClFN2O4. The lowest BCUT2D eigenvalue weighted by Crippen LogP contribution is -2.29. The van der Waals surface area contributed by atoms with Crippen LogP contribution in [0.5, 0.6) is 5.75 Å². The molecule has 3 aromatic carbocycles. The van der Waals surface area contributed by atoms with E-state index in [4.69, 9.17) is 16.3 Å². The number of ether oxygens (including phenoxy) is 1.